The fourth-order valence-electron chi connectivity index (χ4n) is 1.40. The third kappa shape index (κ3) is 0.954. The second-order valence-electron chi connectivity index (χ2n) is 2.82. The van der Waals surface area contributed by atoms with Crippen LogP contribution in [0, 0.1) is 0 Å². The smallest absolute Gasteiger partial charge is 0.407 e. The summed E-state index contributed by atoms with van der Waals surface area (Å²) >= 11 is 0. The average molecular weight is 167 g/mol. The first-order valence-electron chi connectivity index (χ1n) is 3.65. The van der Waals surface area contributed by atoms with Crippen molar-refractivity contribution in [2.24, 2.45) is 0 Å². The van der Waals surface area contributed by atoms with Crippen molar-refractivity contribution in [2.75, 3.05) is 0 Å². The Bertz CT molecular complexity index is 312. The van der Waals surface area contributed by atoms with Gasteiger partial charge in [-0.3, -0.25) is 0 Å². The Morgan fingerprint density at radius 2 is 1.92 bits per heavy atom. The van der Waals surface area contributed by atoms with Gasteiger partial charge in [0.1, 0.15) is 6.29 Å². The molecule has 3 N–H and O–H groups in total. The molecule has 0 saturated heterocycles. The van der Waals surface area contributed by atoms with E-state index in [2.05, 4.69) is 4.65 Å². The van der Waals surface area contributed by atoms with Crippen molar-refractivity contribution in [1.82, 2.24) is 0 Å². The van der Waals surface area contributed by atoms with Gasteiger partial charge in [-0.2, -0.15) is 0 Å². The predicted molar refractivity (Wildman–Crippen MR) is 42.3 cm³/mol. The van der Waals surface area contributed by atoms with Gasteiger partial charge < -0.3 is 19.8 Å². The highest BCUT2D eigenvalue weighted by Gasteiger charge is 2.36. The van der Waals surface area contributed by atoms with Crippen molar-refractivity contribution in [3.63, 3.8) is 0 Å². The molecule has 0 unspecified atom stereocenters. The lowest BCUT2D eigenvalue weighted by Gasteiger charge is -2.22. The lowest BCUT2D eigenvalue weighted by Crippen LogP contribution is -2.47. The molecule has 0 aliphatic carbocycles. The molecule has 1 heterocycles. The lowest BCUT2D eigenvalue weighted by molar-refractivity contribution is -0.0459. The van der Waals surface area contributed by atoms with E-state index in [-0.39, 0.29) is 5.46 Å². The van der Waals surface area contributed by atoms with Crippen molar-refractivity contribution in [3.8, 4) is 0 Å². The average Bonchev–Trinajstić information content (AvgIpc) is 2.25. The van der Waals surface area contributed by atoms with E-state index in [4.69, 9.17) is 0 Å². The highest BCUT2D eigenvalue weighted by molar-refractivity contribution is 6.74. The number of aliphatic hydroxyl groups is 1. The molecular formula is C7H8BO4-. The van der Waals surface area contributed by atoms with Crippen LogP contribution >= 0.6 is 0 Å². The third-order valence-corrected chi connectivity index (χ3v) is 1.99. The molecule has 0 radical (unpaired) electrons. The molecule has 0 spiro atoms. The number of aliphatic hydroxyl groups excluding tert-OH is 1. The van der Waals surface area contributed by atoms with Crippen molar-refractivity contribution >= 4 is 12.2 Å². The Hall–Kier alpha value is -0.875. The molecule has 1 aliphatic heterocycles. The fourth-order valence-corrected chi connectivity index (χ4v) is 1.40. The zero-order valence-electron chi connectivity index (χ0n) is 6.21. The van der Waals surface area contributed by atoms with E-state index in [9.17, 15) is 15.2 Å². The Labute approximate surface area is 69.0 Å². The maximum Gasteiger partial charge on any atom is 0.407 e. The Kier molecular flexibility index (Phi) is 1.49. The molecule has 1 aromatic rings. The summed E-state index contributed by atoms with van der Waals surface area (Å²) in [5, 5.41) is 27.7. The van der Waals surface area contributed by atoms with Gasteiger partial charge in [-0.25, -0.2) is 0 Å². The minimum absolute atomic E-state index is 0.255. The number of rotatable bonds is 0. The Balaban J connectivity index is 2.58. The van der Waals surface area contributed by atoms with Gasteiger partial charge in [-0.1, -0.05) is 24.3 Å². The first kappa shape index (κ1) is 7.76. The molecular weight excluding hydrogens is 159 g/mol. The molecule has 5 heteroatoms. The van der Waals surface area contributed by atoms with Crippen molar-refractivity contribution in [1.29, 1.82) is 0 Å². The molecule has 4 nitrogen and oxygen atoms in total. The Morgan fingerprint density at radius 1 is 1.25 bits per heavy atom. The van der Waals surface area contributed by atoms with E-state index < -0.39 is 13.0 Å². The minimum Gasteiger partial charge on any atom is -0.556 e. The van der Waals surface area contributed by atoms with E-state index >= 15 is 0 Å². The summed E-state index contributed by atoms with van der Waals surface area (Å²) in [6.45, 7) is -2.99. The summed E-state index contributed by atoms with van der Waals surface area (Å²) in [6.07, 6.45) is -1.23. The van der Waals surface area contributed by atoms with Crippen LogP contribution in [-0.2, 0) is 4.65 Å². The topological polar surface area (TPSA) is 69.9 Å². The van der Waals surface area contributed by atoms with E-state index in [0.717, 1.165) is 0 Å². The third-order valence-electron chi connectivity index (χ3n) is 1.99. The second-order valence-corrected chi connectivity index (χ2v) is 2.82. The summed E-state index contributed by atoms with van der Waals surface area (Å²) < 4.78 is 4.55. The van der Waals surface area contributed by atoms with Crippen LogP contribution in [0.1, 0.15) is 11.9 Å². The summed E-state index contributed by atoms with van der Waals surface area (Å²) in [5.41, 5.74) is 0.674. The monoisotopic (exact) mass is 167 g/mol. The molecule has 2 rings (SSSR count). The van der Waals surface area contributed by atoms with E-state index in [1.165, 1.54) is 6.07 Å². The standard InChI is InChI=1S/C7H8BO4/c9-7-5-3-1-2-4-6(5)8(10,11)12-7/h1-4,7,9-11H/q-1/t7-/m0/s1. The van der Waals surface area contributed by atoms with Crippen LogP contribution in [0.25, 0.3) is 0 Å². The first-order chi connectivity index (χ1) is 5.61. The van der Waals surface area contributed by atoms with Crippen molar-refractivity contribution in [2.45, 2.75) is 6.29 Å². The zero-order chi connectivity index (χ0) is 8.77. The highest BCUT2D eigenvalue weighted by Crippen LogP contribution is 2.23. The molecule has 1 aliphatic rings. The Morgan fingerprint density at radius 3 is 2.58 bits per heavy atom. The van der Waals surface area contributed by atoms with Gasteiger partial charge in [-0.05, 0) is 5.56 Å². The van der Waals surface area contributed by atoms with E-state index in [1.807, 2.05) is 0 Å². The van der Waals surface area contributed by atoms with Gasteiger partial charge in [0.25, 0.3) is 0 Å². The van der Waals surface area contributed by atoms with Crippen LogP contribution in [-0.4, -0.2) is 21.9 Å². The normalized spacial score (nSPS) is 25.4. The molecule has 0 bridgehead atoms. The number of hydrogen-bond acceptors (Lipinski definition) is 4. The lowest BCUT2D eigenvalue weighted by atomic mass is 9.71. The summed E-state index contributed by atoms with van der Waals surface area (Å²) in [4.78, 5) is 0. The number of benzene rings is 1. The largest absolute Gasteiger partial charge is 0.556 e. The van der Waals surface area contributed by atoms with E-state index in [0.29, 0.717) is 5.56 Å². The molecule has 1 atom stereocenters. The van der Waals surface area contributed by atoms with Crippen molar-refractivity contribution in [3.05, 3.63) is 29.8 Å². The molecule has 0 aromatic heterocycles. The van der Waals surface area contributed by atoms with Crippen LogP contribution < -0.4 is 5.46 Å². The maximum absolute atomic E-state index is 9.25. The molecule has 12 heavy (non-hydrogen) atoms. The van der Waals surface area contributed by atoms with Crippen LogP contribution in [0.5, 0.6) is 0 Å². The maximum atomic E-state index is 9.25. The molecule has 0 saturated carbocycles. The SMILES string of the molecule is O[C@H]1O[B-](O)(O)c2ccccc21. The van der Waals surface area contributed by atoms with Gasteiger partial charge in [-0.15, -0.1) is 5.46 Å². The molecule has 0 fully saturated rings. The first-order valence-corrected chi connectivity index (χ1v) is 3.65. The molecule has 0 amide bonds. The van der Waals surface area contributed by atoms with Gasteiger partial charge >= 0.3 is 6.75 Å². The summed E-state index contributed by atoms with van der Waals surface area (Å²) in [6, 6.07) is 6.47. The summed E-state index contributed by atoms with van der Waals surface area (Å²) in [7, 11) is 0. The van der Waals surface area contributed by atoms with Crippen molar-refractivity contribution < 1.29 is 19.8 Å². The minimum atomic E-state index is -2.99. The van der Waals surface area contributed by atoms with Crippen LogP contribution in [0.15, 0.2) is 24.3 Å². The fraction of sp³-hybridized carbons (Fsp3) is 0.143. The highest BCUT2D eigenvalue weighted by atomic mass is 16.7. The van der Waals surface area contributed by atoms with Gasteiger partial charge in [0, 0.05) is 0 Å². The van der Waals surface area contributed by atoms with Crippen LogP contribution in [0.4, 0.5) is 0 Å². The second kappa shape index (κ2) is 2.30. The molecule has 1 aromatic carbocycles. The predicted octanol–water partition coefficient (Wildman–Crippen LogP) is -1.16. The van der Waals surface area contributed by atoms with Crippen LogP contribution in [0.3, 0.4) is 0 Å². The number of hydrogen-bond donors (Lipinski definition) is 3. The number of fused-ring (bicyclic) bond motifs is 1. The summed E-state index contributed by atoms with van der Waals surface area (Å²) in [5.74, 6) is 0. The van der Waals surface area contributed by atoms with Gasteiger partial charge in [0.2, 0.25) is 0 Å². The van der Waals surface area contributed by atoms with Gasteiger partial charge in [0.15, 0.2) is 0 Å². The van der Waals surface area contributed by atoms with E-state index in [1.54, 1.807) is 18.2 Å². The molecule has 64 valence electrons. The zero-order valence-corrected chi connectivity index (χ0v) is 6.21. The quantitative estimate of drug-likeness (QED) is 0.426. The van der Waals surface area contributed by atoms with Crippen LogP contribution in [0.2, 0.25) is 0 Å². The van der Waals surface area contributed by atoms with Gasteiger partial charge in [0.05, 0.1) is 0 Å².